The Balaban J connectivity index is 1.80. The number of thiocarbonyl (C=S) groups is 1. The van der Waals surface area contributed by atoms with Crippen molar-refractivity contribution in [3.05, 3.63) is 35.4 Å². The standard InChI is InChI=1S/C14H16N2O2S/c15-13(19)9-2-1-3-10(6-9)14(17)16-7-11-4-5-12(8-16)18-11/h1-3,6,11-12H,4-5,7-8H2,(H2,15,19). The first kappa shape index (κ1) is 12.6. The van der Waals surface area contributed by atoms with Crippen molar-refractivity contribution in [3.8, 4) is 0 Å². The summed E-state index contributed by atoms with van der Waals surface area (Å²) in [6.07, 6.45) is 2.53. The number of morpholine rings is 1. The smallest absolute Gasteiger partial charge is 0.254 e. The molecule has 5 heteroatoms. The molecule has 19 heavy (non-hydrogen) atoms. The molecule has 100 valence electrons. The number of amides is 1. The molecule has 2 aliphatic heterocycles. The Bertz CT molecular complexity index is 520. The SMILES string of the molecule is NC(=S)c1cccc(C(=O)N2CC3CCC(C2)O3)c1. The fourth-order valence-corrected chi connectivity index (χ4v) is 2.90. The lowest BCUT2D eigenvalue weighted by Crippen LogP contribution is -2.45. The van der Waals surface area contributed by atoms with E-state index in [1.807, 2.05) is 23.1 Å². The van der Waals surface area contributed by atoms with Gasteiger partial charge in [-0.25, -0.2) is 0 Å². The number of nitrogens with two attached hydrogens (primary N) is 1. The minimum absolute atomic E-state index is 0.0401. The van der Waals surface area contributed by atoms with Gasteiger partial charge in [-0.15, -0.1) is 0 Å². The highest BCUT2D eigenvalue weighted by Crippen LogP contribution is 2.27. The average Bonchev–Trinajstić information content (AvgIpc) is 2.76. The molecule has 0 aliphatic carbocycles. The van der Waals surface area contributed by atoms with Gasteiger partial charge >= 0.3 is 0 Å². The van der Waals surface area contributed by atoms with E-state index in [0.29, 0.717) is 23.6 Å². The Labute approximate surface area is 117 Å². The second kappa shape index (κ2) is 4.90. The highest BCUT2D eigenvalue weighted by Gasteiger charge is 2.35. The molecule has 2 aliphatic rings. The molecule has 2 atom stereocenters. The van der Waals surface area contributed by atoms with E-state index >= 15 is 0 Å². The van der Waals surface area contributed by atoms with Crippen LogP contribution in [0.3, 0.4) is 0 Å². The molecule has 0 saturated carbocycles. The molecular formula is C14H16N2O2S. The third-order valence-electron chi connectivity index (χ3n) is 3.72. The van der Waals surface area contributed by atoms with Gasteiger partial charge in [-0.05, 0) is 25.0 Å². The second-order valence-corrected chi connectivity index (χ2v) is 5.55. The molecule has 1 amide bonds. The Morgan fingerprint density at radius 1 is 1.26 bits per heavy atom. The summed E-state index contributed by atoms with van der Waals surface area (Å²) < 4.78 is 5.74. The molecule has 0 radical (unpaired) electrons. The highest BCUT2D eigenvalue weighted by molar-refractivity contribution is 7.80. The minimum Gasteiger partial charge on any atom is -0.389 e. The van der Waals surface area contributed by atoms with Gasteiger partial charge in [-0.1, -0.05) is 24.4 Å². The van der Waals surface area contributed by atoms with Crippen LogP contribution >= 0.6 is 12.2 Å². The lowest BCUT2D eigenvalue weighted by atomic mass is 10.1. The van der Waals surface area contributed by atoms with Crippen LogP contribution in [0.5, 0.6) is 0 Å². The largest absolute Gasteiger partial charge is 0.389 e. The van der Waals surface area contributed by atoms with E-state index in [1.165, 1.54) is 0 Å². The first-order valence-corrected chi connectivity index (χ1v) is 6.89. The van der Waals surface area contributed by atoms with Crippen molar-refractivity contribution in [2.75, 3.05) is 13.1 Å². The second-order valence-electron chi connectivity index (χ2n) is 5.11. The van der Waals surface area contributed by atoms with Gasteiger partial charge < -0.3 is 15.4 Å². The van der Waals surface area contributed by atoms with E-state index in [9.17, 15) is 4.79 Å². The summed E-state index contributed by atoms with van der Waals surface area (Å²) in [5.74, 6) is 0.0401. The van der Waals surface area contributed by atoms with Crippen LogP contribution in [-0.4, -0.2) is 41.1 Å². The van der Waals surface area contributed by atoms with Gasteiger partial charge in [0, 0.05) is 24.2 Å². The maximum absolute atomic E-state index is 12.5. The van der Waals surface area contributed by atoms with Crippen LogP contribution in [0.1, 0.15) is 28.8 Å². The molecule has 2 unspecified atom stereocenters. The van der Waals surface area contributed by atoms with E-state index in [0.717, 1.165) is 18.4 Å². The highest BCUT2D eigenvalue weighted by atomic mass is 32.1. The zero-order valence-electron chi connectivity index (χ0n) is 10.5. The molecule has 2 bridgehead atoms. The number of carbonyl (C=O) groups is 1. The number of carbonyl (C=O) groups excluding carboxylic acids is 1. The lowest BCUT2D eigenvalue weighted by Gasteiger charge is -2.32. The molecule has 2 saturated heterocycles. The van der Waals surface area contributed by atoms with Crippen molar-refractivity contribution in [2.45, 2.75) is 25.0 Å². The number of rotatable bonds is 2. The van der Waals surface area contributed by atoms with Crippen LogP contribution in [0.15, 0.2) is 24.3 Å². The fourth-order valence-electron chi connectivity index (χ4n) is 2.77. The number of hydrogen-bond acceptors (Lipinski definition) is 3. The zero-order valence-corrected chi connectivity index (χ0v) is 11.4. The van der Waals surface area contributed by atoms with Gasteiger partial charge in [0.05, 0.1) is 12.2 Å². The average molecular weight is 276 g/mol. The Morgan fingerprint density at radius 3 is 2.53 bits per heavy atom. The van der Waals surface area contributed by atoms with Crippen LogP contribution in [0.2, 0.25) is 0 Å². The van der Waals surface area contributed by atoms with Gasteiger partial charge in [-0.3, -0.25) is 4.79 Å². The van der Waals surface area contributed by atoms with Gasteiger partial charge in [0.2, 0.25) is 0 Å². The van der Waals surface area contributed by atoms with Crippen LogP contribution < -0.4 is 5.73 Å². The Hall–Kier alpha value is -1.46. The van der Waals surface area contributed by atoms with Crippen molar-refractivity contribution >= 4 is 23.1 Å². The van der Waals surface area contributed by atoms with Gasteiger partial charge in [-0.2, -0.15) is 0 Å². The predicted molar refractivity (Wildman–Crippen MR) is 76.1 cm³/mol. The van der Waals surface area contributed by atoms with E-state index < -0.39 is 0 Å². The predicted octanol–water partition coefficient (Wildman–Crippen LogP) is 1.32. The molecule has 4 nitrogen and oxygen atoms in total. The fraction of sp³-hybridized carbons (Fsp3) is 0.429. The summed E-state index contributed by atoms with van der Waals surface area (Å²) in [4.78, 5) is 14.7. The maximum Gasteiger partial charge on any atom is 0.254 e. The molecule has 2 fully saturated rings. The molecule has 0 aromatic heterocycles. The summed E-state index contributed by atoms with van der Waals surface area (Å²) in [6.45, 7) is 1.37. The van der Waals surface area contributed by atoms with Crippen LogP contribution in [0.25, 0.3) is 0 Å². The van der Waals surface area contributed by atoms with Crippen LogP contribution in [-0.2, 0) is 4.74 Å². The molecular weight excluding hydrogens is 260 g/mol. The minimum atomic E-state index is 0.0401. The molecule has 2 N–H and O–H groups in total. The Morgan fingerprint density at radius 2 is 1.89 bits per heavy atom. The van der Waals surface area contributed by atoms with Crippen LogP contribution in [0.4, 0.5) is 0 Å². The monoisotopic (exact) mass is 276 g/mol. The molecule has 3 rings (SSSR count). The number of hydrogen-bond donors (Lipinski definition) is 1. The molecule has 0 spiro atoms. The summed E-state index contributed by atoms with van der Waals surface area (Å²) in [5, 5.41) is 0. The number of ether oxygens (including phenoxy) is 1. The number of nitrogens with zero attached hydrogens (tertiary/aromatic N) is 1. The van der Waals surface area contributed by atoms with Crippen molar-refractivity contribution < 1.29 is 9.53 Å². The van der Waals surface area contributed by atoms with Crippen LogP contribution in [0, 0.1) is 0 Å². The Kier molecular flexibility index (Phi) is 3.24. The van der Waals surface area contributed by atoms with E-state index in [-0.39, 0.29) is 18.1 Å². The van der Waals surface area contributed by atoms with Gasteiger partial charge in [0.25, 0.3) is 5.91 Å². The van der Waals surface area contributed by atoms with E-state index in [4.69, 9.17) is 22.7 Å². The number of benzene rings is 1. The van der Waals surface area contributed by atoms with Gasteiger partial charge in [0.1, 0.15) is 4.99 Å². The normalized spacial score (nSPS) is 25.4. The molecule has 1 aromatic rings. The molecule has 1 aromatic carbocycles. The van der Waals surface area contributed by atoms with E-state index in [1.54, 1.807) is 6.07 Å². The van der Waals surface area contributed by atoms with Crippen molar-refractivity contribution in [2.24, 2.45) is 5.73 Å². The summed E-state index contributed by atoms with van der Waals surface area (Å²) >= 11 is 4.95. The van der Waals surface area contributed by atoms with Crippen molar-refractivity contribution in [1.29, 1.82) is 0 Å². The number of fused-ring (bicyclic) bond motifs is 2. The summed E-state index contributed by atoms with van der Waals surface area (Å²) in [7, 11) is 0. The third-order valence-corrected chi connectivity index (χ3v) is 3.96. The zero-order chi connectivity index (χ0) is 13.4. The third kappa shape index (κ3) is 2.48. The quantitative estimate of drug-likeness (QED) is 0.828. The lowest BCUT2D eigenvalue weighted by molar-refractivity contribution is -0.0303. The first-order valence-electron chi connectivity index (χ1n) is 6.48. The maximum atomic E-state index is 12.5. The van der Waals surface area contributed by atoms with E-state index in [2.05, 4.69) is 0 Å². The van der Waals surface area contributed by atoms with Crippen molar-refractivity contribution in [1.82, 2.24) is 4.90 Å². The van der Waals surface area contributed by atoms with Crippen molar-refractivity contribution in [3.63, 3.8) is 0 Å². The van der Waals surface area contributed by atoms with Gasteiger partial charge in [0.15, 0.2) is 0 Å². The first-order chi connectivity index (χ1) is 9.13. The molecule has 2 heterocycles. The number of likely N-dealkylation sites (tertiary alicyclic amines) is 1. The summed E-state index contributed by atoms with van der Waals surface area (Å²) in [6, 6.07) is 7.21. The summed E-state index contributed by atoms with van der Waals surface area (Å²) in [5.41, 5.74) is 6.98. The topological polar surface area (TPSA) is 55.6 Å².